The monoisotopic (exact) mass is 328 g/mol. The van der Waals surface area contributed by atoms with Crippen LogP contribution in [-0.4, -0.2) is 31.9 Å². The van der Waals surface area contributed by atoms with Crippen LogP contribution in [0.5, 0.6) is 0 Å². The predicted molar refractivity (Wildman–Crippen MR) is 87.8 cm³/mol. The van der Waals surface area contributed by atoms with Gasteiger partial charge in [-0.1, -0.05) is 30.3 Å². The zero-order chi connectivity index (χ0) is 15.4. The molecule has 0 radical (unpaired) electrons. The molecule has 0 aliphatic rings. The molecule has 4 nitrogen and oxygen atoms in total. The number of carbonyl (C=O) groups is 1. The summed E-state index contributed by atoms with van der Waals surface area (Å²) in [4.78, 5) is 11.0. The van der Waals surface area contributed by atoms with E-state index < -0.39 is 25.4 Å². The van der Waals surface area contributed by atoms with E-state index in [0.717, 1.165) is 5.19 Å². The van der Waals surface area contributed by atoms with Gasteiger partial charge < -0.3 is 12.7 Å². The molecule has 0 fully saturated rings. The average Bonchev–Trinajstić information content (AvgIpc) is 2.26. The highest BCUT2D eigenvalue weighted by Gasteiger charge is 2.51. The van der Waals surface area contributed by atoms with Crippen LogP contribution in [0.3, 0.4) is 0 Å². The molecule has 0 bridgehead atoms. The van der Waals surface area contributed by atoms with Crippen molar-refractivity contribution < 1.29 is 17.5 Å². The number of hydrogen-bond donors (Lipinski definition) is 0. The first-order chi connectivity index (χ1) is 9.08. The third kappa shape index (κ3) is 5.33. The Kier molecular flexibility index (Phi) is 5.50. The molecule has 0 spiro atoms. The van der Waals surface area contributed by atoms with Crippen molar-refractivity contribution in [2.45, 2.75) is 39.3 Å². The van der Waals surface area contributed by atoms with E-state index in [1.165, 1.54) is 0 Å². The largest absolute Gasteiger partial charge is 0.583 e. The second-order valence-electron chi connectivity index (χ2n) is 6.57. The molecule has 0 unspecified atom stereocenters. The Balaban J connectivity index is 3.30. The second-order valence-corrected chi connectivity index (χ2v) is 18.6. The molecule has 1 rings (SSSR count). The molecule has 20 heavy (non-hydrogen) atoms. The first-order valence-corrected chi connectivity index (χ1v) is 15.2. The van der Waals surface area contributed by atoms with E-state index in [4.69, 9.17) is 12.7 Å². The molecule has 0 aliphatic carbocycles. The van der Waals surface area contributed by atoms with Crippen molar-refractivity contribution >= 4 is 37.1 Å². The van der Waals surface area contributed by atoms with Crippen LogP contribution >= 0.6 is 0 Å². The summed E-state index contributed by atoms with van der Waals surface area (Å²) in [6.45, 7) is 12.9. The number of benzene rings is 1. The maximum Gasteiger partial charge on any atom is 0.583 e. The molecule has 0 saturated heterocycles. The van der Waals surface area contributed by atoms with E-state index in [-0.39, 0.29) is 0 Å². The van der Waals surface area contributed by atoms with Crippen molar-refractivity contribution in [1.29, 1.82) is 0 Å². The normalized spacial score (nSPS) is 13.1. The van der Waals surface area contributed by atoms with Gasteiger partial charge in [0.1, 0.15) is 0 Å². The second kappa shape index (κ2) is 6.35. The Morgan fingerprint density at radius 2 is 1.30 bits per heavy atom. The van der Waals surface area contributed by atoms with E-state index in [0.29, 0.717) is 6.47 Å². The molecule has 0 heterocycles. The summed E-state index contributed by atoms with van der Waals surface area (Å²) >= 11 is 0. The molecule has 7 heteroatoms. The molecule has 1 aromatic carbocycles. The third-order valence-corrected chi connectivity index (χ3v) is 10.7. The van der Waals surface area contributed by atoms with Crippen LogP contribution in [0, 0.1) is 0 Å². The Morgan fingerprint density at radius 1 is 0.850 bits per heavy atom. The quantitative estimate of drug-likeness (QED) is 0.570. The highest BCUT2D eigenvalue weighted by atomic mass is 28.5. The summed E-state index contributed by atoms with van der Waals surface area (Å²) in [6, 6.07) is 9.57. The summed E-state index contributed by atoms with van der Waals surface area (Å²) in [6.07, 6.45) is 0. The molecule has 0 saturated carbocycles. The lowest BCUT2D eigenvalue weighted by molar-refractivity contribution is -0.123. The Labute approximate surface area is 124 Å². The minimum atomic E-state index is -3.19. The molecular weight excluding hydrogens is 304 g/mol. The fourth-order valence-corrected chi connectivity index (χ4v) is 10.9. The van der Waals surface area contributed by atoms with Gasteiger partial charge in [0, 0.05) is 5.19 Å². The van der Waals surface area contributed by atoms with Gasteiger partial charge in [0.2, 0.25) is 0 Å². The molecule has 0 aromatic heterocycles. The number of hydrogen-bond acceptors (Lipinski definition) is 4. The Morgan fingerprint density at radius 3 is 1.65 bits per heavy atom. The smallest absolute Gasteiger partial charge is 0.473 e. The molecule has 0 amide bonds. The van der Waals surface area contributed by atoms with Gasteiger partial charge in [0.05, 0.1) is 0 Å². The summed E-state index contributed by atoms with van der Waals surface area (Å²) in [5.74, 6) is 0. The van der Waals surface area contributed by atoms with Crippen LogP contribution < -0.4 is 5.19 Å². The molecular formula is C13H24O4Si3. The van der Waals surface area contributed by atoms with Gasteiger partial charge in [-0.3, -0.25) is 4.79 Å². The third-order valence-electron chi connectivity index (χ3n) is 2.21. The number of carbonyl (C=O) groups excluding carboxylic acids is 1. The summed E-state index contributed by atoms with van der Waals surface area (Å²) in [5, 5.41) is 0.844. The molecule has 1 aromatic rings. The van der Waals surface area contributed by atoms with E-state index in [9.17, 15) is 4.79 Å². The van der Waals surface area contributed by atoms with Crippen molar-refractivity contribution in [3.05, 3.63) is 30.3 Å². The molecule has 0 N–H and O–H groups in total. The zero-order valence-corrected chi connectivity index (χ0v) is 16.1. The van der Waals surface area contributed by atoms with E-state index in [1.54, 1.807) is 0 Å². The van der Waals surface area contributed by atoms with Gasteiger partial charge in [0.25, 0.3) is 6.47 Å². The Hall–Kier alpha value is -0.739. The van der Waals surface area contributed by atoms with Gasteiger partial charge in [-0.25, -0.2) is 0 Å². The van der Waals surface area contributed by atoms with Crippen molar-refractivity contribution in [3.63, 3.8) is 0 Å². The van der Waals surface area contributed by atoms with Gasteiger partial charge in [0.15, 0.2) is 16.6 Å². The fourth-order valence-electron chi connectivity index (χ4n) is 1.77. The lowest BCUT2D eigenvalue weighted by Crippen LogP contribution is -2.64. The molecule has 0 atom stereocenters. The minimum Gasteiger partial charge on any atom is -0.473 e. The van der Waals surface area contributed by atoms with Gasteiger partial charge in [-0.2, -0.15) is 0 Å². The maximum absolute atomic E-state index is 11.0. The summed E-state index contributed by atoms with van der Waals surface area (Å²) in [7, 11) is -7.06. The Bertz CT molecular complexity index is 421. The standard InChI is InChI=1S/C13H24O4Si3/c1-18(2,3)16-20(15-12-14,17-19(4,5)6)13-10-8-7-9-11-13/h7-12H,1-6H3. The van der Waals surface area contributed by atoms with Crippen LogP contribution in [0.4, 0.5) is 0 Å². The van der Waals surface area contributed by atoms with Crippen LogP contribution in [0.25, 0.3) is 0 Å². The highest BCUT2D eigenvalue weighted by Crippen LogP contribution is 2.21. The first-order valence-electron chi connectivity index (χ1n) is 6.65. The molecule has 0 aliphatic heterocycles. The lowest BCUT2D eigenvalue weighted by Gasteiger charge is -2.37. The van der Waals surface area contributed by atoms with Gasteiger partial charge >= 0.3 is 8.80 Å². The van der Waals surface area contributed by atoms with Crippen LogP contribution in [0.2, 0.25) is 39.3 Å². The van der Waals surface area contributed by atoms with Crippen molar-refractivity contribution in [2.24, 2.45) is 0 Å². The first kappa shape index (κ1) is 17.3. The van der Waals surface area contributed by atoms with Crippen molar-refractivity contribution in [2.75, 3.05) is 0 Å². The van der Waals surface area contributed by atoms with Crippen molar-refractivity contribution in [3.8, 4) is 0 Å². The highest BCUT2D eigenvalue weighted by molar-refractivity contribution is 6.92. The van der Waals surface area contributed by atoms with Crippen LogP contribution in [0.1, 0.15) is 0 Å². The van der Waals surface area contributed by atoms with Gasteiger partial charge in [-0.05, 0) is 39.3 Å². The predicted octanol–water partition coefficient (Wildman–Crippen LogP) is 2.71. The lowest BCUT2D eigenvalue weighted by atomic mass is 10.4. The zero-order valence-electron chi connectivity index (χ0n) is 13.1. The van der Waals surface area contributed by atoms with Crippen molar-refractivity contribution in [1.82, 2.24) is 0 Å². The van der Waals surface area contributed by atoms with E-state index in [1.807, 2.05) is 30.3 Å². The average molecular weight is 329 g/mol. The maximum atomic E-state index is 11.0. The fraction of sp³-hybridized carbons (Fsp3) is 0.462. The topological polar surface area (TPSA) is 44.8 Å². The van der Waals surface area contributed by atoms with Crippen LogP contribution in [0.15, 0.2) is 30.3 Å². The van der Waals surface area contributed by atoms with E-state index in [2.05, 4.69) is 39.3 Å². The molecule has 112 valence electrons. The SMILES string of the molecule is C[Si](C)(C)O[Si](OC=O)(O[Si](C)(C)C)c1ccccc1. The summed E-state index contributed by atoms with van der Waals surface area (Å²) in [5.41, 5.74) is 0. The van der Waals surface area contributed by atoms with Crippen LogP contribution in [-0.2, 0) is 17.5 Å². The van der Waals surface area contributed by atoms with Gasteiger partial charge in [-0.15, -0.1) is 0 Å². The minimum absolute atomic E-state index is 0.458. The van der Waals surface area contributed by atoms with E-state index >= 15 is 0 Å². The number of rotatable bonds is 7. The summed E-state index contributed by atoms with van der Waals surface area (Å²) < 4.78 is 18.0.